The number of nitrogens with two attached hydrogens (primary N) is 2. The first kappa shape index (κ1) is 11.4. The molecule has 8 heteroatoms. The average Bonchev–Trinajstić information content (AvgIpc) is 2.87. The van der Waals surface area contributed by atoms with E-state index in [9.17, 15) is 9.59 Å². The number of nitrogens with zero attached hydrogens (tertiary/aromatic N) is 2. The maximum Gasteiger partial charge on any atom is 0.303 e. The lowest BCUT2D eigenvalue weighted by atomic mass is 10.1. The molecule has 92 valence electrons. The number of hydrogen-bond acceptors (Lipinski definition) is 6. The zero-order valence-corrected chi connectivity index (χ0v) is 8.96. The van der Waals surface area contributed by atoms with Gasteiger partial charge in [0, 0.05) is 0 Å². The van der Waals surface area contributed by atoms with Crippen molar-refractivity contribution in [3.8, 4) is 0 Å². The van der Waals surface area contributed by atoms with Crippen molar-refractivity contribution in [2.24, 2.45) is 21.5 Å². The van der Waals surface area contributed by atoms with Gasteiger partial charge in [0.15, 0.2) is 0 Å². The summed E-state index contributed by atoms with van der Waals surface area (Å²) in [6.07, 6.45) is 0.521. The highest BCUT2D eigenvalue weighted by Crippen LogP contribution is 2.16. The second-order valence-corrected chi connectivity index (χ2v) is 3.76. The standard InChI is InChI=1S/C9H12N4O4/c10-6(14)8-12-4(2-16-8)1-5-3-17-9(13-5)7(11)15/h4-5H,1-3H2,(H2,10,14)(H2,11,15). The van der Waals surface area contributed by atoms with E-state index in [-0.39, 0.29) is 37.1 Å². The molecule has 8 nitrogen and oxygen atoms in total. The van der Waals surface area contributed by atoms with Gasteiger partial charge in [0.05, 0.1) is 12.1 Å². The smallest absolute Gasteiger partial charge is 0.303 e. The molecule has 0 fully saturated rings. The Hall–Kier alpha value is -2.12. The van der Waals surface area contributed by atoms with Gasteiger partial charge in [0.25, 0.3) is 11.8 Å². The molecular weight excluding hydrogens is 228 g/mol. The third kappa shape index (κ3) is 2.52. The van der Waals surface area contributed by atoms with Crippen LogP contribution in [0.5, 0.6) is 0 Å². The van der Waals surface area contributed by atoms with Gasteiger partial charge in [-0.15, -0.1) is 0 Å². The predicted molar refractivity (Wildman–Crippen MR) is 57.4 cm³/mol. The van der Waals surface area contributed by atoms with E-state index in [1.165, 1.54) is 0 Å². The summed E-state index contributed by atoms with van der Waals surface area (Å²) < 4.78 is 10.0. The molecule has 2 amide bonds. The molecule has 2 heterocycles. The van der Waals surface area contributed by atoms with Crippen LogP contribution in [0.25, 0.3) is 0 Å². The van der Waals surface area contributed by atoms with Gasteiger partial charge in [-0.25, -0.2) is 9.98 Å². The summed E-state index contributed by atoms with van der Waals surface area (Å²) in [7, 11) is 0. The Balaban J connectivity index is 1.92. The largest absolute Gasteiger partial charge is 0.472 e. The number of hydrogen-bond donors (Lipinski definition) is 2. The summed E-state index contributed by atoms with van der Waals surface area (Å²) in [5, 5.41) is 0. The highest BCUT2D eigenvalue weighted by molar-refractivity contribution is 6.35. The average molecular weight is 240 g/mol. The molecule has 2 atom stereocenters. The van der Waals surface area contributed by atoms with E-state index >= 15 is 0 Å². The first-order valence-electron chi connectivity index (χ1n) is 5.07. The molecule has 0 spiro atoms. The van der Waals surface area contributed by atoms with Gasteiger partial charge >= 0.3 is 11.8 Å². The SMILES string of the molecule is NC(=O)C1=NC(CC2COC(C(N)=O)=N2)CO1. The summed E-state index contributed by atoms with van der Waals surface area (Å²) in [6.45, 7) is 0.576. The molecule has 0 aromatic carbocycles. The second-order valence-electron chi connectivity index (χ2n) is 3.76. The van der Waals surface area contributed by atoms with Gasteiger partial charge in [-0.1, -0.05) is 0 Å². The Labute approximate surface area is 96.7 Å². The third-order valence-electron chi connectivity index (χ3n) is 2.39. The number of aliphatic imine (C=N–C) groups is 2. The maximum absolute atomic E-state index is 10.8. The number of ether oxygens (including phenoxy) is 2. The van der Waals surface area contributed by atoms with Gasteiger partial charge in [0.2, 0.25) is 0 Å². The van der Waals surface area contributed by atoms with Crippen LogP contribution in [-0.2, 0) is 19.1 Å². The molecule has 2 aliphatic rings. The van der Waals surface area contributed by atoms with Crippen molar-refractivity contribution in [1.29, 1.82) is 0 Å². The van der Waals surface area contributed by atoms with Gasteiger partial charge in [-0.2, -0.15) is 0 Å². The molecule has 0 aliphatic carbocycles. The van der Waals surface area contributed by atoms with Crippen molar-refractivity contribution < 1.29 is 19.1 Å². The van der Waals surface area contributed by atoms with Crippen LogP contribution in [0.3, 0.4) is 0 Å². The molecule has 0 aromatic rings. The first-order chi connectivity index (χ1) is 8.06. The topological polar surface area (TPSA) is 129 Å². The van der Waals surface area contributed by atoms with E-state index < -0.39 is 11.8 Å². The van der Waals surface area contributed by atoms with Gasteiger partial charge < -0.3 is 20.9 Å². The van der Waals surface area contributed by atoms with E-state index in [0.29, 0.717) is 6.42 Å². The van der Waals surface area contributed by atoms with Crippen LogP contribution in [0.2, 0.25) is 0 Å². The maximum atomic E-state index is 10.8. The van der Waals surface area contributed by atoms with E-state index in [1.807, 2.05) is 0 Å². The fraction of sp³-hybridized carbons (Fsp3) is 0.556. The van der Waals surface area contributed by atoms with Gasteiger partial charge in [-0.3, -0.25) is 9.59 Å². The van der Waals surface area contributed by atoms with E-state index in [1.54, 1.807) is 0 Å². The minimum absolute atomic E-state index is 0.0620. The summed E-state index contributed by atoms with van der Waals surface area (Å²) in [4.78, 5) is 29.6. The minimum Gasteiger partial charge on any atom is -0.472 e. The summed E-state index contributed by atoms with van der Waals surface area (Å²) in [6, 6.07) is -0.385. The zero-order chi connectivity index (χ0) is 12.4. The fourth-order valence-electron chi connectivity index (χ4n) is 1.66. The summed E-state index contributed by atoms with van der Waals surface area (Å²) in [5.74, 6) is -1.49. The number of primary amides is 2. The highest BCUT2D eigenvalue weighted by Gasteiger charge is 2.29. The molecule has 2 unspecified atom stereocenters. The van der Waals surface area contributed by atoms with Gasteiger partial charge in [-0.05, 0) is 6.42 Å². The predicted octanol–water partition coefficient (Wildman–Crippen LogP) is -2.06. The van der Waals surface area contributed by atoms with Crippen LogP contribution >= 0.6 is 0 Å². The molecule has 0 saturated carbocycles. The number of rotatable bonds is 4. The van der Waals surface area contributed by atoms with E-state index in [2.05, 4.69) is 9.98 Å². The van der Waals surface area contributed by atoms with Crippen molar-refractivity contribution in [3.63, 3.8) is 0 Å². The number of carbonyl (C=O) groups is 2. The Bertz CT molecular complexity index is 379. The van der Waals surface area contributed by atoms with Crippen molar-refractivity contribution in [2.75, 3.05) is 13.2 Å². The van der Waals surface area contributed by atoms with Gasteiger partial charge in [0.1, 0.15) is 13.2 Å². The lowest BCUT2D eigenvalue weighted by Crippen LogP contribution is -2.23. The van der Waals surface area contributed by atoms with E-state index in [0.717, 1.165) is 0 Å². The van der Waals surface area contributed by atoms with Crippen molar-refractivity contribution >= 4 is 23.6 Å². The Kier molecular flexibility index (Phi) is 2.94. The normalized spacial score (nSPS) is 26.8. The molecule has 0 aromatic heterocycles. The quantitative estimate of drug-likeness (QED) is 0.585. The summed E-state index contributed by atoms with van der Waals surface area (Å²) >= 11 is 0. The molecule has 0 radical (unpaired) electrons. The first-order valence-corrected chi connectivity index (χ1v) is 5.07. The lowest BCUT2D eigenvalue weighted by Gasteiger charge is -2.07. The Morgan fingerprint density at radius 1 is 1.06 bits per heavy atom. The molecule has 17 heavy (non-hydrogen) atoms. The second kappa shape index (κ2) is 4.40. The molecule has 0 bridgehead atoms. The van der Waals surface area contributed by atoms with Crippen LogP contribution in [0.1, 0.15) is 6.42 Å². The van der Waals surface area contributed by atoms with Crippen LogP contribution in [0, 0.1) is 0 Å². The van der Waals surface area contributed by atoms with Crippen LogP contribution in [0.15, 0.2) is 9.98 Å². The van der Waals surface area contributed by atoms with Crippen LogP contribution in [-0.4, -0.2) is 48.9 Å². The monoisotopic (exact) mass is 240 g/mol. The van der Waals surface area contributed by atoms with E-state index in [4.69, 9.17) is 20.9 Å². The Morgan fingerprint density at radius 2 is 1.47 bits per heavy atom. The van der Waals surface area contributed by atoms with Crippen LogP contribution < -0.4 is 11.5 Å². The molecule has 4 N–H and O–H groups in total. The molecular formula is C9H12N4O4. The minimum atomic E-state index is -0.684. The Morgan fingerprint density at radius 3 is 1.76 bits per heavy atom. The van der Waals surface area contributed by atoms with Crippen LogP contribution in [0.4, 0.5) is 0 Å². The third-order valence-corrected chi connectivity index (χ3v) is 2.39. The number of amides is 2. The molecule has 0 saturated heterocycles. The highest BCUT2D eigenvalue weighted by atomic mass is 16.5. The fourth-order valence-corrected chi connectivity index (χ4v) is 1.66. The summed E-state index contributed by atoms with van der Waals surface area (Å²) in [5.41, 5.74) is 10.0. The zero-order valence-electron chi connectivity index (χ0n) is 8.96. The molecule has 2 rings (SSSR count). The lowest BCUT2D eigenvalue weighted by molar-refractivity contribution is -0.113. The van der Waals surface area contributed by atoms with Crippen molar-refractivity contribution in [1.82, 2.24) is 0 Å². The van der Waals surface area contributed by atoms with Crippen molar-refractivity contribution in [3.05, 3.63) is 0 Å². The van der Waals surface area contributed by atoms with Crippen molar-refractivity contribution in [2.45, 2.75) is 18.5 Å². The molecule has 2 aliphatic heterocycles. The number of carbonyl (C=O) groups excluding carboxylic acids is 2.